The van der Waals surface area contributed by atoms with Crippen LogP contribution in [0.3, 0.4) is 0 Å². The lowest BCUT2D eigenvalue weighted by Gasteiger charge is -2.34. The van der Waals surface area contributed by atoms with Crippen molar-refractivity contribution in [3.63, 3.8) is 0 Å². The zero-order chi connectivity index (χ0) is 20.7. The third-order valence-electron chi connectivity index (χ3n) is 5.38. The Morgan fingerprint density at radius 1 is 0.967 bits per heavy atom. The number of anilines is 1. The summed E-state index contributed by atoms with van der Waals surface area (Å²) in [5.74, 6) is 1.64. The van der Waals surface area contributed by atoms with Gasteiger partial charge in [-0.05, 0) is 32.0 Å². The lowest BCUT2D eigenvalue weighted by molar-refractivity contribution is 0.247. The molecule has 4 aromatic rings. The highest BCUT2D eigenvalue weighted by Gasteiger charge is 2.20. The summed E-state index contributed by atoms with van der Waals surface area (Å²) >= 11 is 6.07. The first-order chi connectivity index (χ1) is 14.5. The van der Waals surface area contributed by atoms with Gasteiger partial charge in [-0.2, -0.15) is 5.10 Å². The number of aromatic nitrogens is 6. The largest absolute Gasteiger partial charge is 0.353 e. The monoisotopic (exact) mass is 422 g/mol. The Morgan fingerprint density at radius 2 is 1.77 bits per heavy atom. The summed E-state index contributed by atoms with van der Waals surface area (Å²) < 4.78 is 3.83. The minimum atomic E-state index is 0.712. The molecule has 1 aliphatic rings. The second-order valence-electron chi connectivity index (χ2n) is 7.68. The fraction of sp³-hybridized carbons (Fsp3) is 0.333. The van der Waals surface area contributed by atoms with E-state index in [0.29, 0.717) is 5.02 Å². The van der Waals surface area contributed by atoms with Crippen LogP contribution in [0, 0.1) is 13.8 Å². The van der Waals surface area contributed by atoms with Gasteiger partial charge in [-0.1, -0.05) is 11.6 Å². The molecular formula is C21H23ClN8. The van der Waals surface area contributed by atoms with Gasteiger partial charge in [0.05, 0.1) is 28.8 Å². The van der Waals surface area contributed by atoms with Crippen LogP contribution in [0.2, 0.25) is 5.02 Å². The Morgan fingerprint density at radius 3 is 2.53 bits per heavy atom. The van der Waals surface area contributed by atoms with Crippen LogP contribution in [0.5, 0.6) is 0 Å². The van der Waals surface area contributed by atoms with Crippen LogP contribution in [0.1, 0.15) is 17.1 Å². The van der Waals surface area contributed by atoms with Gasteiger partial charge in [-0.15, -0.1) is 0 Å². The molecule has 154 valence electrons. The Labute approximate surface area is 179 Å². The summed E-state index contributed by atoms with van der Waals surface area (Å²) in [6, 6.07) is 5.85. The zero-order valence-electron chi connectivity index (χ0n) is 17.0. The van der Waals surface area contributed by atoms with Gasteiger partial charge in [-0.25, -0.2) is 14.6 Å². The van der Waals surface area contributed by atoms with Crippen molar-refractivity contribution in [2.24, 2.45) is 0 Å². The quantitative estimate of drug-likeness (QED) is 0.503. The number of imidazole rings is 1. The van der Waals surface area contributed by atoms with Crippen molar-refractivity contribution < 1.29 is 0 Å². The zero-order valence-corrected chi connectivity index (χ0v) is 17.8. The average Bonchev–Trinajstić information content (AvgIpc) is 3.29. The molecule has 0 radical (unpaired) electrons. The van der Waals surface area contributed by atoms with Gasteiger partial charge in [0.15, 0.2) is 5.82 Å². The number of aryl methyl sites for hydroxylation is 2. The van der Waals surface area contributed by atoms with Gasteiger partial charge in [0.2, 0.25) is 0 Å². The number of pyridine rings is 1. The molecule has 1 saturated heterocycles. The van der Waals surface area contributed by atoms with E-state index in [9.17, 15) is 0 Å². The molecule has 0 aliphatic carbocycles. The highest BCUT2D eigenvalue weighted by Crippen LogP contribution is 2.18. The summed E-state index contributed by atoms with van der Waals surface area (Å²) in [7, 11) is 0. The average molecular weight is 423 g/mol. The molecule has 0 unspecified atom stereocenters. The summed E-state index contributed by atoms with van der Waals surface area (Å²) in [5.41, 5.74) is 4.00. The van der Waals surface area contributed by atoms with Gasteiger partial charge >= 0.3 is 0 Å². The predicted octanol–water partition coefficient (Wildman–Crippen LogP) is 2.90. The van der Waals surface area contributed by atoms with Crippen molar-refractivity contribution in [1.82, 2.24) is 34.0 Å². The maximum absolute atomic E-state index is 6.07. The molecule has 9 heteroatoms. The number of piperazine rings is 1. The molecule has 5 heterocycles. The summed E-state index contributed by atoms with van der Waals surface area (Å²) in [4.78, 5) is 18.6. The number of hydrogen-bond acceptors (Lipinski definition) is 6. The highest BCUT2D eigenvalue weighted by atomic mass is 35.5. The lowest BCUT2D eigenvalue weighted by Crippen LogP contribution is -2.46. The van der Waals surface area contributed by atoms with Crippen LogP contribution in [0.15, 0.2) is 43.0 Å². The van der Waals surface area contributed by atoms with Crippen molar-refractivity contribution in [3.05, 3.63) is 65.1 Å². The van der Waals surface area contributed by atoms with Crippen LogP contribution in [-0.4, -0.2) is 60.2 Å². The number of fused-ring (bicyclic) bond motifs is 1. The van der Waals surface area contributed by atoms with Gasteiger partial charge in [0.1, 0.15) is 11.5 Å². The molecule has 30 heavy (non-hydrogen) atoms. The first-order valence-electron chi connectivity index (χ1n) is 10.0. The number of rotatable bonds is 4. The third-order valence-corrected chi connectivity index (χ3v) is 5.61. The SMILES string of the molecule is Cc1cc(C)n(-c2cncc(N3CCN(Cc4cn5cc(Cl)ccc5n4)CC3)n2)n1. The minimum Gasteiger partial charge on any atom is -0.353 e. The van der Waals surface area contributed by atoms with Crippen LogP contribution in [-0.2, 0) is 6.54 Å². The van der Waals surface area contributed by atoms with E-state index in [0.717, 1.165) is 67.1 Å². The van der Waals surface area contributed by atoms with Crippen molar-refractivity contribution >= 4 is 23.1 Å². The van der Waals surface area contributed by atoms with E-state index >= 15 is 0 Å². The smallest absolute Gasteiger partial charge is 0.174 e. The Kier molecular flexibility index (Phi) is 4.88. The van der Waals surface area contributed by atoms with E-state index in [2.05, 4.69) is 26.1 Å². The van der Waals surface area contributed by atoms with E-state index in [1.807, 2.05) is 53.5 Å². The number of nitrogens with zero attached hydrogens (tertiary/aromatic N) is 8. The molecule has 1 aliphatic heterocycles. The maximum Gasteiger partial charge on any atom is 0.174 e. The fourth-order valence-electron chi connectivity index (χ4n) is 3.92. The molecular weight excluding hydrogens is 400 g/mol. The van der Waals surface area contributed by atoms with Crippen molar-refractivity contribution in [2.75, 3.05) is 31.1 Å². The molecule has 0 bridgehead atoms. The van der Waals surface area contributed by atoms with Crippen LogP contribution in [0.4, 0.5) is 5.82 Å². The predicted molar refractivity (Wildman–Crippen MR) is 116 cm³/mol. The first-order valence-corrected chi connectivity index (χ1v) is 10.4. The van der Waals surface area contributed by atoms with Crippen LogP contribution < -0.4 is 4.90 Å². The normalized spacial score (nSPS) is 15.2. The summed E-state index contributed by atoms with van der Waals surface area (Å²) in [5, 5.41) is 5.23. The van der Waals surface area contributed by atoms with Crippen molar-refractivity contribution in [3.8, 4) is 5.82 Å². The molecule has 8 nitrogen and oxygen atoms in total. The Hall–Kier alpha value is -2.97. The second kappa shape index (κ2) is 7.70. The second-order valence-corrected chi connectivity index (χ2v) is 8.12. The molecule has 0 amide bonds. The van der Waals surface area contributed by atoms with Crippen molar-refractivity contribution in [1.29, 1.82) is 0 Å². The van der Waals surface area contributed by atoms with E-state index in [4.69, 9.17) is 21.6 Å². The molecule has 0 aromatic carbocycles. The third kappa shape index (κ3) is 3.76. The molecule has 4 aromatic heterocycles. The van der Waals surface area contributed by atoms with Gasteiger partial charge in [0.25, 0.3) is 0 Å². The molecule has 0 saturated carbocycles. The molecule has 5 rings (SSSR count). The van der Waals surface area contributed by atoms with E-state index in [1.165, 1.54) is 0 Å². The number of halogens is 1. The van der Waals surface area contributed by atoms with Crippen LogP contribution >= 0.6 is 11.6 Å². The Bertz CT molecular complexity index is 1190. The van der Waals surface area contributed by atoms with Gasteiger partial charge < -0.3 is 9.30 Å². The lowest BCUT2D eigenvalue weighted by atomic mass is 10.3. The van der Waals surface area contributed by atoms with Crippen LogP contribution in [0.25, 0.3) is 11.5 Å². The van der Waals surface area contributed by atoms with E-state index in [-0.39, 0.29) is 0 Å². The van der Waals surface area contributed by atoms with Gasteiger partial charge in [0, 0.05) is 50.8 Å². The molecule has 0 N–H and O–H groups in total. The first kappa shape index (κ1) is 19.0. The molecule has 0 atom stereocenters. The molecule has 0 spiro atoms. The highest BCUT2D eigenvalue weighted by molar-refractivity contribution is 6.30. The Balaban J connectivity index is 1.25. The molecule has 1 fully saturated rings. The van der Waals surface area contributed by atoms with E-state index in [1.54, 1.807) is 6.20 Å². The minimum absolute atomic E-state index is 0.712. The standard InChI is InChI=1S/C21H23ClN8/c1-15-9-16(2)30(26-15)21-11-23-10-20(25-21)28-7-5-27(6-8-28)13-18-14-29-12-17(22)3-4-19(29)24-18/h3-4,9-12,14H,5-8,13H2,1-2H3. The maximum atomic E-state index is 6.07. The summed E-state index contributed by atoms with van der Waals surface area (Å²) in [6.45, 7) is 8.52. The topological polar surface area (TPSA) is 67.4 Å². The van der Waals surface area contributed by atoms with Gasteiger partial charge in [-0.3, -0.25) is 9.88 Å². The number of hydrogen-bond donors (Lipinski definition) is 0. The summed E-state index contributed by atoms with van der Waals surface area (Å²) in [6.07, 6.45) is 7.53. The van der Waals surface area contributed by atoms with E-state index < -0.39 is 0 Å². The fourth-order valence-corrected chi connectivity index (χ4v) is 4.09. The van der Waals surface area contributed by atoms with Crippen molar-refractivity contribution in [2.45, 2.75) is 20.4 Å².